The molecule has 1 saturated heterocycles. The Hall–Kier alpha value is -3.57. The van der Waals surface area contributed by atoms with Crippen LogP contribution in [0.2, 0.25) is 0 Å². The normalized spacial score (nSPS) is 15.8. The highest BCUT2D eigenvalue weighted by atomic mass is 32.2. The Balaban J connectivity index is 1.67. The van der Waals surface area contributed by atoms with E-state index in [1.807, 2.05) is 51.4 Å². The van der Waals surface area contributed by atoms with Crippen molar-refractivity contribution in [3.63, 3.8) is 0 Å². The summed E-state index contributed by atoms with van der Waals surface area (Å²) in [5.41, 5.74) is 6.92. The number of benzene rings is 1. The molecule has 192 valence electrons. The van der Waals surface area contributed by atoms with Crippen LogP contribution in [-0.2, 0) is 28.2 Å². The molecule has 37 heavy (non-hydrogen) atoms. The molecular formula is C26H28N6O4S. The van der Waals surface area contributed by atoms with Gasteiger partial charge < -0.3 is 13.8 Å². The van der Waals surface area contributed by atoms with E-state index in [0.717, 1.165) is 68.7 Å². The lowest BCUT2D eigenvalue weighted by Crippen LogP contribution is -2.27. The van der Waals surface area contributed by atoms with Gasteiger partial charge in [-0.3, -0.25) is 4.98 Å². The second-order valence-electron chi connectivity index (χ2n) is 9.71. The fourth-order valence-corrected chi connectivity index (χ4v) is 6.12. The summed E-state index contributed by atoms with van der Waals surface area (Å²) >= 11 is 0. The van der Waals surface area contributed by atoms with E-state index in [9.17, 15) is 8.42 Å². The summed E-state index contributed by atoms with van der Waals surface area (Å²) in [6, 6.07) is 9.79. The van der Waals surface area contributed by atoms with Gasteiger partial charge in [-0.25, -0.2) is 13.1 Å². The highest BCUT2D eigenvalue weighted by molar-refractivity contribution is 7.71. The van der Waals surface area contributed by atoms with Crippen molar-refractivity contribution in [3.8, 4) is 11.3 Å². The number of pyridine rings is 1. The maximum Gasteiger partial charge on any atom is 0.144 e. The zero-order valence-corrected chi connectivity index (χ0v) is 21.8. The van der Waals surface area contributed by atoms with Crippen molar-refractivity contribution in [1.29, 1.82) is 0 Å². The average Bonchev–Trinajstić information content (AvgIpc) is 3.55. The van der Waals surface area contributed by atoms with Crippen molar-refractivity contribution in [2.24, 2.45) is 13.0 Å². The van der Waals surface area contributed by atoms with Gasteiger partial charge in [0.1, 0.15) is 22.2 Å². The molecule has 0 saturated carbocycles. The summed E-state index contributed by atoms with van der Waals surface area (Å²) in [5, 5.41) is 13.8. The number of hydrogen-bond acceptors (Lipinski definition) is 8. The third-order valence-electron chi connectivity index (χ3n) is 7.22. The van der Waals surface area contributed by atoms with Gasteiger partial charge in [0, 0.05) is 43.5 Å². The summed E-state index contributed by atoms with van der Waals surface area (Å²) in [6.45, 7) is 5.19. The van der Waals surface area contributed by atoms with Crippen molar-refractivity contribution >= 4 is 32.6 Å². The van der Waals surface area contributed by atoms with Crippen LogP contribution in [0.3, 0.4) is 0 Å². The third-order valence-corrected chi connectivity index (χ3v) is 7.85. The van der Waals surface area contributed by atoms with Crippen LogP contribution in [0.15, 0.2) is 41.1 Å². The maximum atomic E-state index is 11.6. The molecule has 6 rings (SSSR count). The zero-order chi connectivity index (χ0) is 25.7. The van der Waals surface area contributed by atoms with E-state index in [1.54, 1.807) is 4.68 Å². The van der Waals surface area contributed by atoms with E-state index in [-0.39, 0.29) is 17.7 Å². The fraction of sp³-hybridized carbons (Fsp3) is 0.385. The van der Waals surface area contributed by atoms with Crippen LogP contribution in [0.25, 0.3) is 33.2 Å². The number of ether oxygens (including phenoxy) is 1. The van der Waals surface area contributed by atoms with Gasteiger partial charge in [0.2, 0.25) is 0 Å². The molecular weight excluding hydrogens is 492 g/mol. The Morgan fingerprint density at radius 1 is 1.11 bits per heavy atom. The Morgan fingerprint density at radius 3 is 2.59 bits per heavy atom. The molecule has 10 nitrogen and oxygen atoms in total. The summed E-state index contributed by atoms with van der Waals surface area (Å²) in [5.74, 6) is 0.976. The first-order chi connectivity index (χ1) is 17.9. The Labute approximate surface area is 215 Å². The second kappa shape index (κ2) is 9.38. The number of fused-ring (bicyclic) bond motifs is 3. The third kappa shape index (κ3) is 4.21. The van der Waals surface area contributed by atoms with Crippen LogP contribution in [-0.4, -0.2) is 51.3 Å². The number of aromatic nitrogens is 6. The molecule has 1 unspecified atom stereocenters. The van der Waals surface area contributed by atoms with Gasteiger partial charge in [-0.05, 0) is 50.3 Å². The van der Waals surface area contributed by atoms with E-state index >= 15 is 0 Å². The van der Waals surface area contributed by atoms with Gasteiger partial charge in [0.05, 0.1) is 39.7 Å². The number of rotatable bonds is 6. The Bertz CT molecular complexity index is 1660. The Morgan fingerprint density at radius 2 is 1.92 bits per heavy atom. The lowest BCUT2D eigenvalue weighted by Gasteiger charge is -2.31. The molecule has 0 bridgehead atoms. The van der Waals surface area contributed by atoms with Crippen LogP contribution in [0.5, 0.6) is 0 Å². The van der Waals surface area contributed by atoms with Crippen molar-refractivity contribution < 1.29 is 17.7 Å². The molecule has 0 radical (unpaired) electrons. The largest absolute Gasteiger partial charge is 0.381 e. The van der Waals surface area contributed by atoms with Crippen LogP contribution >= 0.6 is 0 Å². The zero-order valence-electron chi connectivity index (χ0n) is 20.9. The minimum Gasteiger partial charge on any atom is -0.381 e. The number of nitrogens with zero attached hydrogens (tertiary/aromatic N) is 6. The SMILES string of the molecule is Cc1cc(C(C2CCOCC2)n2c3cc(C[SH](=O)=O)ccc3c3ncc(-c4c(C)nnn4C)cc32)no1. The molecule has 0 N–H and O–H groups in total. The minimum atomic E-state index is -2.56. The Kier molecular flexibility index (Phi) is 6.04. The monoisotopic (exact) mass is 520 g/mol. The van der Waals surface area contributed by atoms with Crippen LogP contribution in [0.1, 0.15) is 41.6 Å². The first-order valence-electron chi connectivity index (χ1n) is 12.3. The van der Waals surface area contributed by atoms with E-state index in [1.165, 1.54) is 0 Å². The fourth-order valence-electron chi connectivity index (χ4n) is 5.62. The van der Waals surface area contributed by atoms with Crippen LogP contribution < -0.4 is 0 Å². The van der Waals surface area contributed by atoms with Crippen LogP contribution in [0, 0.1) is 19.8 Å². The lowest BCUT2D eigenvalue weighted by atomic mass is 9.89. The summed E-state index contributed by atoms with van der Waals surface area (Å²) in [4.78, 5) is 4.91. The molecule has 0 aliphatic carbocycles. The molecule has 1 aromatic carbocycles. The van der Waals surface area contributed by atoms with Gasteiger partial charge in [-0.15, -0.1) is 5.10 Å². The average molecular weight is 521 g/mol. The molecule has 5 heterocycles. The molecule has 1 fully saturated rings. The highest BCUT2D eigenvalue weighted by Crippen LogP contribution is 2.41. The van der Waals surface area contributed by atoms with Gasteiger partial charge in [-0.2, -0.15) is 0 Å². The number of thiol groups is 1. The lowest BCUT2D eigenvalue weighted by molar-refractivity contribution is 0.0543. The number of hydrogen-bond donors (Lipinski definition) is 1. The smallest absolute Gasteiger partial charge is 0.144 e. The second-order valence-corrected chi connectivity index (χ2v) is 10.7. The molecule has 4 aromatic heterocycles. The van der Waals surface area contributed by atoms with Crippen molar-refractivity contribution in [1.82, 2.24) is 29.7 Å². The van der Waals surface area contributed by atoms with E-state index < -0.39 is 10.7 Å². The predicted octanol–water partition coefficient (Wildman–Crippen LogP) is 3.72. The summed E-state index contributed by atoms with van der Waals surface area (Å²) in [6.07, 6.45) is 3.60. The maximum absolute atomic E-state index is 11.6. The predicted molar refractivity (Wildman–Crippen MR) is 139 cm³/mol. The quantitative estimate of drug-likeness (QED) is 0.337. The summed E-state index contributed by atoms with van der Waals surface area (Å²) < 4.78 is 38.4. The van der Waals surface area contributed by atoms with Gasteiger partial charge >= 0.3 is 0 Å². The van der Waals surface area contributed by atoms with Crippen molar-refractivity contribution in [2.45, 2.75) is 38.5 Å². The van der Waals surface area contributed by atoms with Crippen LogP contribution in [0.4, 0.5) is 0 Å². The summed E-state index contributed by atoms with van der Waals surface area (Å²) in [7, 11) is -0.687. The molecule has 11 heteroatoms. The first kappa shape index (κ1) is 23.8. The molecule has 1 aliphatic rings. The minimum absolute atomic E-state index is 0.0175. The molecule has 1 atom stereocenters. The van der Waals surface area contributed by atoms with Crippen molar-refractivity contribution in [2.75, 3.05) is 13.2 Å². The van der Waals surface area contributed by atoms with E-state index in [4.69, 9.17) is 14.2 Å². The standard InChI is InChI=1S/C26H28N6O4S/c1-15-10-21(29-36-15)26(18-6-8-35-9-7-18)32-22-11-17(14-37(33)34)4-5-20(22)24-23(32)12-19(13-27-24)25-16(2)28-30-31(25)3/h4-5,10-13,18,26,37H,6-9,14H2,1-3H3. The van der Waals surface area contributed by atoms with Gasteiger partial charge in [0.15, 0.2) is 0 Å². The van der Waals surface area contributed by atoms with E-state index in [0.29, 0.717) is 13.2 Å². The number of aryl methyl sites for hydroxylation is 3. The highest BCUT2D eigenvalue weighted by Gasteiger charge is 2.32. The van der Waals surface area contributed by atoms with Gasteiger partial charge in [0.25, 0.3) is 0 Å². The molecule has 1 aliphatic heterocycles. The molecule has 0 amide bonds. The molecule has 5 aromatic rings. The van der Waals surface area contributed by atoms with Crippen molar-refractivity contribution in [3.05, 3.63) is 59.2 Å². The van der Waals surface area contributed by atoms with Gasteiger partial charge in [-0.1, -0.05) is 22.5 Å². The first-order valence-corrected chi connectivity index (χ1v) is 13.7. The molecule has 0 spiro atoms. The topological polar surface area (TPSA) is 118 Å². The van der Waals surface area contributed by atoms with E-state index in [2.05, 4.69) is 26.1 Å².